The summed E-state index contributed by atoms with van der Waals surface area (Å²) in [5.74, 6) is 4.29. The van der Waals surface area contributed by atoms with Crippen molar-refractivity contribution in [1.82, 2.24) is 0 Å². The molecule has 2 heterocycles. The Morgan fingerprint density at radius 2 is 2.06 bits per heavy atom. The van der Waals surface area contributed by atoms with Gasteiger partial charge in [-0.3, -0.25) is 4.79 Å². The molecular formula is C28H38N2O2. The van der Waals surface area contributed by atoms with Crippen molar-refractivity contribution in [2.24, 2.45) is 22.5 Å². The van der Waals surface area contributed by atoms with E-state index in [9.17, 15) is 4.79 Å². The lowest BCUT2D eigenvalue weighted by Gasteiger charge is -2.30. The molecule has 3 aliphatic rings. The van der Waals surface area contributed by atoms with E-state index in [0.717, 1.165) is 50.2 Å². The first-order valence-electron chi connectivity index (χ1n) is 11.8. The van der Waals surface area contributed by atoms with Crippen molar-refractivity contribution in [3.63, 3.8) is 0 Å². The summed E-state index contributed by atoms with van der Waals surface area (Å²) in [6.45, 7) is 11.7. The summed E-state index contributed by atoms with van der Waals surface area (Å²) < 4.78 is 5.59. The van der Waals surface area contributed by atoms with E-state index in [1.807, 2.05) is 13.0 Å². The summed E-state index contributed by atoms with van der Waals surface area (Å²) in [6, 6.07) is 8.98. The average Bonchev–Trinajstić information content (AvgIpc) is 3.35. The minimum Gasteiger partial charge on any atom is -0.497 e. The minimum atomic E-state index is -0.358. The lowest BCUT2D eigenvalue weighted by molar-refractivity contribution is -0.120. The number of allylic oxidation sites excluding steroid dienone is 3. The molecule has 0 amide bonds. The Labute approximate surface area is 193 Å². The Kier molecular flexibility index (Phi) is 7.20. The molecule has 4 rings (SSSR count). The smallest absolute Gasteiger partial charge is 0.140 e. The molecule has 1 aliphatic carbocycles. The number of ketones is 1. The zero-order chi connectivity index (χ0) is 23.5. The molecule has 1 saturated carbocycles. The van der Waals surface area contributed by atoms with Crippen LogP contribution in [0.1, 0.15) is 59.4 Å². The van der Waals surface area contributed by atoms with Gasteiger partial charge in [-0.2, -0.15) is 0 Å². The number of fused-ring (bicyclic) bond motifs is 1. The molecule has 1 aromatic carbocycles. The molecule has 0 bridgehead atoms. The zero-order valence-corrected chi connectivity index (χ0v) is 20.3. The number of para-hydroxylation sites is 1. The number of hydrogen-bond donors (Lipinski definition) is 2. The molecule has 0 saturated heterocycles. The highest BCUT2D eigenvalue weighted by Gasteiger charge is 2.50. The largest absolute Gasteiger partial charge is 0.497 e. The number of hydrogen-bond acceptors (Lipinski definition) is 4. The Morgan fingerprint density at radius 3 is 2.59 bits per heavy atom. The number of carbonyl (C=O) groups excluding carboxylic acids is 1. The van der Waals surface area contributed by atoms with Gasteiger partial charge >= 0.3 is 0 Å². The van der Waals surface area contributed by atoms with E-state index in [1.54, 1.807) is 6.92 Å². The zero-order valence-electron chi connectivity index (χ0n) is 20.3. The molecule has 2 atom stereocenters. The van der Waals surface area contributed by atoms with E-state index in [-0.39, 0.29) is 16.6 Å². The fraction of sp³-hybridized carbons (Fsp3) is 0.536. The topological polar surface area (TPSA) is 64.3 Å². The number of nitrogens with two attached hydrogens (primary N) is 1. The van der Waals surface area contributed by atoms with Gasteiger partial charge in [0, 0.05) is 23.2 Å². The second-order valence-corrected chi connectivity index (χ2v) is 10.0. The second-order valence-electron chi connectivity index (χ2n) is 10.0. The number of Topliss-reactive ketones (excluding diaryl/α,β-unsaturated/α-hetero) is 1. The van der Waals surface area contributed by atoms with Gasteiger partial charge in [0.25, 0.3) is 0 Å². The average molecular weight is 435 g/mol. The predicted molar refractivity (Wildman–Crippen MR) is 132 cm³/mol. The lowest BCUT2D eigenvalue weighted by Crippen LogP contribution is -2.40. The van der Waals surface area contributed by atoms with Crippen LogP contribution in [0.3, 0.4) is 0 Å². The highest BCUT2D eigenvalue weighted by Crippen LogP contribution is 2.53. The van der Waals surface area contributed by atoms with Gasteiger partial charge in [-0.25, -0.2) is 0 Å². The highest BCUT2D eigenvalue weighted by molar-refractivity contribution is 5.90. The van der Waals surface area contributed by atoms with Crippen LogP contribution < -0.4 is 11.1 Å². The first-order valence-corrected chi connectivity index (χ1v) is 11.8. The molecule has 1 aromatic rings. The van der Waals surface area contributed by atoms with E-state index >= 15 is 0 Å². The van der Waals surface area contributed by atoms with Crippen molar-refractivity contribution >= 4 is 11.5 Å². The predicted octanol–water partition coefficient (Wildman–Crippen LogP) is 5.25. The third kappa shape index (κ3) is 4.79. The van der Waals surface area contributed by atoms with Gasteiger partial charge in [-0.1, -0.05) is 44.9 Å². The van der Waals surface area contributed by atoms with Crippen molar-refractivity contribution in [2.45, 2.75) is 66.3 Å². The van der Waals surface area contributed by atoms with Gasteiger partial charge in [0.1, 0.15) is 5.78 Å². The number of benzene rings is 1. The van der Waals surface area contributed by atoms with Gasteiger partial charge in [0.15, 0.2) is 0 Å². The summed E-state index contributed by atoms with van der Waals surface area (Å²) in [5.41, 5.74) is 10.3. The normalized spacial score (nSPS) is 23.3. The van der Waals surface area contributed by atoms with Crippen LogP contribution in [0.15, 0.2) is 47.2 Å². The first-order chi connectivity index (χ1) is 15.2. The number of terminal acetylenes is 1. The fourth-order valence-corrected chi connectivity index (χ4v) is 4.56. The van der Waals surface area contributed by atoms with Gasteiger partial charge in [0.05, 0.1) is 17.8 Å². The van der Waals surface area contributed by atoms with Gasteiger partial charge in [0.2, 0.25) is 0 Å². The van der Waals surface area contributed by atoms with Gasteiger partial charge in [-0.05, 0) is 74.8 Å². The van der Waals surface area contributed by atoms with Crippen molar-refractivity contribution in [3.8, 4) is 12.3 Å². The molecule has 4 nitrogen and oxygen atoms in total. The maximum absolute atomic E-state index is 11.8. The van der Waals surface area contributed by atoms with E-state index in [1.165, 1.54) is 16.8 Å². The van der Waals surface area contributed by atoms with Crippen LogP contribution in [-0.4, -0.2) is 25.0 Å². The highest BCUT2D eigenvalue weighted by atomic mass is 16.5. The summed E-state index contributed by atoms with van der Waals surface area (Å²) >= 11 is 0. The quantitative estimate of drug-likeness (QED) is 0.600. The third-order valence-electron chi connectivity index (χ3n) is 7.48. The van der Waals surface area contributed by atoms with Gasteiger partial charge < -0.3 is 15.8 Å². The number of anilines is 1. The van der Waals surface area contributed by atoms with E-state index in [2.05, 4.69) is 56.3 Å². The molecule has 1 fully saturated rings. The lowest BCUT2D eigenvalue weighted by atomic mass is 9.83. The van der Waals surface area contributed by atoms with Crippen LogP contribution in [0.4, 0.5) is 5.69 Å². The molecule has 2 unspecified atom stereocenters. The standard InChI is InChI=1S/C16H20O2.C12H18N2/c1-5-13-10-18-11(3)15(13)9-14(6-2)16(7-8-16)12(4)17;1-12(2,8-13)11-7-9-5-3-4-6-10(9)14-11/h2,9,13H,5,7-8,10H2,1,3-4H3;3-6,11,14H,7-8,13H2,1-2H3/b14-9+;. The monoisotopic (exact) mass is 434 g/mol. The summed E-state index contributed by atoms with van der Waals surface area (Å²) in [6.07, 6.45) is 11.6. The molecule has 172 valence electrons. The number of rotatable bonds is 6. The maximum atomic E-state index is 11.8. The minimum absolute atomic E-state index is 0.166. The molecular weight excluding hydrogens is 396 g/mol. The fourth-order valence-electron chi connectivity index (χ4n) is 4.56. The maximum Gasteiger partial charge on any atom is 0.140 e. The molecule has 0 aromatic heterocycles. The van der Waals surface area contributed by atoms with Crippen molar-refractivity contribution in [1.29, 1.82) is 0 Å². The van der Waals surface area contributed by atoms with Crippen LogP contribution in [0, 0.1) is 29.1 Å². The van der Waals surface area contributed by atoms with Crippen LogP contribution >= 0.6 is 0 Å². The number of nitrogens with one attached hydrogen (secondary N) is 1. The number of carbonyl (C=O) groups is 1. The van der Waals surface area contributed by atoms with Crippen LogP contribution in [0.25, 0.3) is 0 Å². The summed E-state index contributed by atoms with van der Waals surface area (Å²) in [7, 11) is 0. The Hall–Kier alpha value is -2.51. The molecule has 0 radical (unpaired) electrons. The van der Waals surface area contributed by atoms with Gasteiger partial charge in [-0.15, -0.1) is 6.42 Å². The Bertz CT molecular complexity index is 935. The van der Waals surface area contributed by atoms with E-state index in [0.29, 0.717) is 12.0 Å². The van der Waals surface area contributed by atoms with Crippen LogP contribution in [-0.2, 0) is 16.0 Å². The second kappa shape index (κ2) is 9.55. The van der Waals surface area contributed by atoms with E-state index in [4.69, 9.17) is 16.9 Å². The van der Waals surface area contributed by atoms with Crippen molar-refractivity contribution in [3.05, 3.63) is 52.8 Å². The summed E-state index contributed by atoms with van der Waals surface area (Å²) in [4.78, 5) is 11.8. The van der Waals surface area contributed by atoms with Crippen LogP contribution in [0.5, 0.6) is 0 Å². The molecule has 2 aliphatic heterocycles. The summed E-state index contributed by atoms with van der Waals surface area (Å²) in [5, 5.41) is 3.55. The third-order valence-corrected chi connectivity index (χ3v) is 7.48. The van der Waals surface area contributed by atoms with E-state index < -0.39 is 0 Å². The van der Waals surface area contributed by atoms with Crippen LogP contribution in [0.2, 0.25) is 0 Å². The molecule has 3 N–H and O–H groups in total. The van der Waals surface area contributed by atoms with Crippen molar-refractivity contribution < 1.29 is 9.53 Å². The molecule has 4 heteroatoms. The Balaban J connectivity index is 0.000000186. The number of ether oxygens (including phenoxy) is 1. The molecule has 32 heavy (non-hydrogen) atoms. The SMILES string of the molecule is C#C/C(=C\C1=C(C)OCC1CC)C1(C(C)=O)CC1.CC(C)(CN)C1Cc2ccccc2N1. The molecule has 0 spiro atoms. The first kappa shape index (κ1) is 24.1. The van der Waals surface area contributed by atoms with Crippen molar-refractivity contribution in [2.75, 3.05) is 18.5 Å². The Morgan fingerprint density at radius 1 is 1.38 bits per heavy atom.